The maximum atomic E-state index is 11.1. The predicted octanol–water partition coefficient (Wildman–Crippen LogP) is 0.0574. The first-order valence-electron chi connectivity index (χ1n) is 3.66. The zero-order valence-corrected chi connectivity index (χ0v) is 7.78. The van der Waals surface area contributed by atoms with Crippen LogP contribution in [-0.4, -0.2) is 13.4 Å². The number of hydrogen-bond acceptors (Lipinski definition) is 5. The summed E-state index contributed by atoms with van der Waals surface area (Å²) < 4.78 is 27.2. The Hall–Kier alpha value is -1.60. The molecular formula is C7H7N3O3S. The van der Waals surface area contributed by atoms with Gasteiger partial charge in [-0.15, -0.1) is 0 Å². The van der Waals surface area contributed by atoms with Gasteiger partial charge in [-0.25, -0.2) is 13.6 Å². The Kier molecular flexibility index (Phi) is 1.73. The number of oxazole rings is 1. The van der Waals surface area contributed by atoms with Gasteiger partial charge in [0.25, 0.3) is 6.01 Å². The minimum absolute atomic E-state index is 0.0869. The third kappa shape index (κ3) is 1.32. The SMILES string of the molecule is Nc1nc2c(S(N)(=O)=O)cccc2o1. The Labute approximate surface area is 79.6 Å². The highest BCUT2D eigenvalue weighted by molar-refractivity contribution is 7.89. The lowest BCUT2D eigenvalue weighted by molar-refractivity contribution is 0.598. The van der Waals surface area contributed by atoms with Gasteiger partial charge in [0.05, 0.1) is 0 Å². The summed E-state index contributed by atoms with van der Waals surface area (Å²) in [4.78, 5) is 3.64. The van der Waals surface area contributed by atoms with Crippen LogP contribution in [0, 0.1) is 0 Å². The molecule has 0 saturated carbocycles. The van der Waals surface area contributed by atoms with Gasteiger partial charge in [0.2, 0.25) is 10.0 Å². The second kappa shape index (κ2) is 2.69. The van der Waals surface area contributed by atoms with E-state index in [1.54, 1.807) is 6.07 Å². The second-order valence-corrected chi connectivity index (χ2v) is 4.23. The zero-order valence-electron chi connectivity index (χ0n) is 6.97. The van der Waals surface area contributed by atoms with Gasteiger partial charge in [-0.3, -0.25) is 0 Å². The lowest BCUT2D eigenvalue weighted by Gasteiger charge is -1.96. The number of nitrogen functional groups attached to an aromatic ring is 1. The van der Waals surface area contributed by atoms with Gasteiger partial charge in [-0.2, -0.15) is 4.98 Å². The van der Waals surface area contributed by atoms with Gasteiger partial charge >= 0.3 is 0 Å². The van der Waals surface area contributed by atoms with Gasteiger partial charge in [-0.05, 0) is 12.1 Å². The van der Waals surface area contributed by atoms with Crippen LogP contribution in [0.5, 0.6) is 0 Å². The third-order valence-corrected chi connectivity index (χ3v) is 2.65. The largest absolute Gasteiger partial charge is 0.424 e. The highest BCUT2D eigenvalue weighted by atomic mass is 32.2. The fraction of sp³-hybridized carbons (Fsp3) is 0. The molecule has 14 heavy (non-hydrogen) atoms. The molecule has 7 heteroatoms. The highest BCUT2D eigenvalue weighted by Crippen LogP contribution is 2.22. The molecule has 1 heterocycles. The van der Waals surface area contributed by atoms with Gasteiger partial charge in [0.15, 0.2) is 5.58 Å². The minimum Gasteiger partial charge on any atom is -0.424 e. The molecule has 1 aromatic carbocycles. The number of nitrogens with zero attached hydrogens (tertiary/aromatic N) is 1. The Morgan fingerprint density at radius 1 is 1.36 bits per heavy atom. The molecule has 0 radical (unpaired) electrons. The molecule has 2 rings (SSSR count). The molecule has 0 bridgehead atoms. The summed E-state index contributed by atoms with van der Waals surface area (Å²) in [5.41, 5.74) is 5.75. The molecule has 0 spiro atoms. The fourth-order valence-corrected chi connectivity index (χ4v) is 1.85. The topological polar surface area (TPSA) is 112 Å². The van der Waals surface area contributed by atoms with Crippen LogP contribution < -0.4 is 10.9 Å². The van der Waals surface area contributed by atoms with Gasteiger partial charge in [0.1, 0.15) is 10.4 Å². The first-order valence-corrected chi connectivity index (χ1v) is 5.21. The fourth-order valence-electron chi connectivity index (χ4n) is 1.17. The van der Waals surface area contributed by atoms with E-state index in [0.29, 0.717) is 5.58 Å². The van der Waals surface area contributed by atoms with Crippen molar-refractivity contribution in [2.24, 2.45) is 5.14 Å². The number of primary sulfonamides is 1. The molecule has 0 fully saturated rings. The first kappa shape index (κ1) is 8.97. The van der Waals surface area contributed by atoms with Crippen molar-refractivity contribution in [2.45, 2.75) is 4.90 Å². The Balaban J connectivity index is 2.90. The Bertz CT molecular complexity index is 587. The van der Waals surface area contributed by atoms with Crippen molar-refractivity contribution < 1.29 is 12.8 Å². The number of sulfonamides is 1. The van der Waals surface area contributed by atoms with Crippen LogP contribution >= 0.6 is 0 Å². The van der Waals surface area contributed by atoms with Crippen LogP contribution in [0.4, 0.5) is 6.01 Å². The van der Waals surface area contributed by atoms with Gasteiger partial charge in [0, 0.05) is 0 Å². The summed E-state index contributed by atoms with van der Waals surface area (Å²) in [6.07, 6.45) is 0. The van der Waals surface area contributed by atoms with E-state index >= 15 is 0 Å². The van der Waals surface area contributed by atoms with Crippen molar-refractivity contribution in [1.29, 1.82) is 0 Å². The normalized spacial score (nSPS) is 12.1. The lowest BCUT2D eigenvalue weighted by atomic mass is 10.3. The van der Waals surface area contributed by atoms with E-state index in [1.165, 1.54) is 12.1 Å². The lowest BCUT2D eigenvalue weighted by Crippen LogP contribution is -2.12. The van der Waals surface area contributed by atoms with Crippen LogP contribution in [0.15, 0.2) is 27.5 Å². The van der Waals surface area contributed by atoms with Crippen LogP contribution in [-0.2, 0) is 10.0 Å². The van der Waals surface area contributed by atoms with Crippen molar-refractivity contribution in [3.63, 3.8) is 0 Å². The maximum absolute atomic E-state index is 11.1. The number of para-hydroxylation sites is 1. The standard InChI is InChI=1S/C7H7N3O3S/c8-7-10-6-4(13-7)2-1-3-5(6)14(9,11)12/h1-3H,(H2,8,10)(H2,9,11,12). The summed E-state index contributed by atoms with van der Waals surface area (Å²) in [7, 11) is -3.79. The molecule has 0 aliphatic heterocycles. The molecule has 0 aliphatic carbocycles. The first-order chi connectivity index (χ1) is 6.48. The summed E-state index contributed by atoms with van der Waals surface area (Å²) in [5, 5.41) is 4.98. The zero-order chi connectivity index (χ0) is 10.3. The molecule has 2 aromatic rings. The van der Waals surface area contributed by atoms with Crippen LogP contribution in [0.1, 0.15) is 0 Å². The van der Waals surface area contributed by atoms with Crippen LogP contribution in [0.3, 0.4) is 0 Å². The smallest absolute Gasteiger partial charge is 0.293 e. The molecule has 0 saturated heterocycles. The number of benzene rings is 1. The summed E-state index contributed by atoms with van der Waals surface area (Å²) in [6, 6.07) is 4.33. The third-order valence-electron chi connectivity index (χ3n) is 1.71. The van der Waals surface area contributed by atoms with Crippen molar-refractivity contribution in [2.75, 3.05) is 5.73 Å². The van der Waals surface area contributed by atoms with Gasteiger partial charge in [-0.1, -0.05) is 6.07 Å². The van der Waals surface area contributed by atoms with E-state index in [4.69, 9.17) is 15.3 Å². The van der Waals surface area contributed by atoms with E-state index in [1.807, 2.05) is 0 Å². The number of hydrogen-bond donors (Lipinski definition) is 2. The molecule has 0 atom stereocenters. The summed E-state index contributed by atoms with van der Waals surface area (Å²) >= 11 is 0. The van der Waals surface area contributed by atoms with Crippen LogP contribution in [0.25, 0.3) is 11.1 Å². The summed E-state index contributed by atoms with van der Waals surface area (Å²) in [6.45, 7) is 0. The van der Waals surface area contributed by atoms with E-state index in [-0.39, 0.29) is 16.4 Å². The highest BCUT2D eigenvalue weighted by Gasteiger charge is 2.15. The molecule has 4 N–H and O–H groups in total. The average Bonchev–Trinajstić information content (AvgIpc) is 2.41. The van der Waals surface area contributed by atoms with Crippen molar-refractivity contribution in [1.82, 2.24) is 4.98 Å². The Morgan fingerprint density at radius 3 is 2.71 bits per heavy atom. The van der Waals surface area contributed by atoms with Crippen LogP contribution in [0.2, 0.25) is 0 Å². The number of anilines is 1. The monoisotopic (exact) mass is 213 g/mol. The number of aromatic nitrogens is 1. The molecule has 6 nitrogen and oxygen atoms in total. The van der Waals surface area contributed by atoms with E-state index in [0.717, 1.165) is 0 Å². The van der Waals surface area contributed by atoms with Crippen molar-refractivity contribution in [3.05, 3.63) is 18.2 Å². The quantitative estimate of drug-likeness (QED) is 0.695. The van der Waals surface area contributed by atoms with Gasteiger partial charge < -0.3 is 10.2 Å². The molecular weight excluding hydrogens is 206 g/mol. The maximum Gasteiger partial charge on any atom is 0.293 e. The summed E-state index contributed by atoms with van der Waals surface area (Å²) in [5.74, 6) is 0. The number of fused-ring (bicyclic) bond motifs is 1. The van der Waals surface area contributed by atoms with E-state index in [2.05, 4.69) is 4.98 Å². The minimum atomic E-state index is -3.79. The predicted molar refractivity (Wildman–Crippen MR) is 49.8 cm³/mol. The number of nitrogens with two attached hydrogens (primary N) is 2. The molecule has 0 aliphatic rings. The van der Waals surface area contributed by atoms with E-state index < -0.39 is 10.0 Å². The average molecular weight is 213 g/mol. The van der Waals surface area contributed by atoms with E-state index in [9.17, 15) is 8.42 Å². The number of rotatable bonds is 1. The molecule has 1 aromatic heterocycles. The molecule has 0 amide bonds. The van der Waals surface area contributed by atoms with Crippen molar-refractivity contribution in [3.8, 4) is 0 Å². The molecule has 74 valence electrons. The Morgan fingerprint density at radius 2 is 2.07 bits per heavy atom. The second-order valence-electron chi connectivity index (χ2n) is 2.70. The van der Waals surface area contributed by atoms with Crippen molar-refractivity contribution >= 4 is 27.1 Å². The molecule has 0 unspecified atom stereocenters.